The van der Waals surface area contributed by atoms with Crippen LogP contribution in [0.3, 0.4) is 0 Å². The van der Waals surface area contributed by atoms with Crippen molar-refractivity contribution in [2.24, 2.45) is 0 Å². The molecule has 0 bridgehead atoms. The summed E-state index contributed by atoms with van der Waals surface area (Å²) < 4.78 is 39.0. The number of nitriles is 1. The topological polar surface area (TPSA) is 78.7 Å². The van der Waals surface area contributed by atoms with Crippen molar-refractivity contribution in [1.29, 1.82) is 5.26 Å². The molecule has 0 amide bonds. The summed E-state index contributed by atoms with van der Waals surface area (Å²) >= 11 is 5.47. The van der Waals surface area contributed by atoms with Crippen LogP contribution in [0.25, 0.3) is 5.69 Å². The second kappa shape index (κ2) is 5.10. The number of aromatic nitrogens is 2. The molecule has 1 aromatic carbocycles. The van der Waals surface area contributed by atoms with E-state index in [-0.39, 0.29) is 10.8 Å². The largest absolute Gasteiger partial charge is 0.417 e. The first-order valence-corrected chi connectivity index (χ1v) is 5.75. The van der Waals surface area contributed by atoms with E-state index in [0.717, 1.165) is 18.2 Å². The summed E-state index contributed by atoms with van der Waals surface area (Å²) in [7, 11) is 0. The second-order valence-electron chi connectivity index (χ2n) is 3.94. The lowest BCUT2D eigenvalue weighted by Gasteiger charge is -2.11. The minimum absolute atomic E-state index is 0.231. The fourth-order valence-electron chi connectivity index (χ4n) is 1.72. The normalized spacial score (nSPS) is 11.2. The molecule has 1 N–H and O–H groups in total. The fraction of sp³-hybridized carbons (Fsp3) is 0.0833. The van der Waals surface area contributed by atoms with Gasteiger partial charge in [0.15, 0.2) is 0 Å². The Balaban J connectivity index is 2.77. The minimum Gasteiger partial charge on any atom is -0.297 e. The average molecular weight is 316 g/mol. The van der Waals surface area contributed by atoms with Crippen molar-refractivity contribution < 1.29 is 13.2 Å². The number of alkyl halides is 3. The number of H-pyrrole nitrogens is 1. The summed E-state index contributed by atoms with van der Waals surface area (Å²) in [4.78, 5) is 25.4. The zero-order valence-electron chi connectivity index (χ0n) is 10.0. The molecule has 9 heteroatoms. The molecule has 2 rings (SSSR count). The van der Waals surface area contributed by atoms with Gasteiger partial charge in [0.05, 0.1) is 22.9 Å². The Morgan fingerprint density at radius 1 is 1.24 bits per heavy atom. The Kier molecular flexibility index (Phi) is 3.61. The standard InChI is InChI=1S/C12H5ClF3N3O2/c13-9-4-10(20)19(11(21)18-9)7-2-1-6(5-17)8(3-7)12(14,15)16/h1-4H,(H,18,21). The van der Waals surface area contributed by atoms with Gasteiger partial charge in [-0.1, -0.05) is 11.6 Å². The van der Waals surface area contributed by atoms with Crippen LogP contribution in [-0.4, -0.2) is 9.55 Å². The van der Waals surface area contributed by atoms with Gasteiger partial charge >= 0.3 is 11.9 Å². The van der Waals surface area contributed by atoms with Crippen molar-refractivity contribution in [2.75, 3.05) is 0 Å². The number of halogens is 4. The van der Waals surface area contributed by atoms with E-state index in [1.165, 1.54) is 6.07 Å². The van der Waals surface area contributed by atoms with E-state index in [4.69, 9.17) is 16.9 Å². The molecule has 108 valence electrons. The zero-order valence-corrected chi connectivity index (χ0v) is 10.8. The molecule has 0 aliphatic rings. The molecule has 5 nitrogen and oxygen atoms in total. The van der Waals surface area contributed by atoms with Crippen LogP contribution >= 0.6 is 11.6 Å². The Morgan fingerprint density at radius 2 is 1.90 bits per heavy atom. The lowest BCUT2D eigenvalue weighted by Crippen LogP contribution is -2.33. The quantitative estimate of drug-likeness (QED) is 0.818. The smallest absolute Gasteiger partial charge is 0.297 e. The van der Waals surface area contributed by atoms with Gasteiger partial charge in [0.2, 0.25) is 0 Å². The Morgan fingerprint density at radius 3 is 2.43 bits per heavy atom. The number of hydrogen-bond acceptors (Lipinski definition) is 3. The van der Waals surface area contributed by atoms with Gasteiger partial charge in [0.25, 0.3) is 5.56 Å². The molecule has 0 aliphatic carbocycles. The SMILES string of the molecule is N#Cc1ccc(-n2c(=O)cc(Cl)[nH]c2=O)cc1C(F)(F)F. The van der Waals surface area contributed by atoms with Crippen LogP contribution in [0.15, 0.2) is 33.9 Å². The van der Waals surface area contributed by atoms with Crippen molar-refractivity contribution in [1.82, 2.24) is 9.55 Å². The third-order valence-corrected chi connectivity index (χ3v) is 2.79. The van der Waals surface area contributed by atoms with Crippen molar-refractivity contribution in [2.45, 2.75) is 6.18 Å². The van der Waals surface area contributed by atoms with E-state index in [1.807, 2.05) is 0 Å². The first kappa shape index (κ1) is 14.9. The van der Waals surface area contributed by atoms with E-state index in [9.17, 15) is 22.8 Å². The number of nitrogens with zero attached hydrogens (tertiary/aromatic N) is 2. The van der Waals surface area contributed by atoms with Gasteiger partial charge in [-0.3, -0.25) is 9.78 Å². The Labute approximate surface area is 119 Å². The van der Waals surface area contributed by atoms with Gasteiger partial charge in [-0.15, -0.1) is 0 Å². The molecule has 0 saturated carbocycles. The molecular weight excluding hydrogens is 311 g/mol. The van der Waals surface area contributed by atoms with Crippen LogP contribution in [0.5, 0.6) is 0 Å². The van der Waals surface area contributed by atoms with Crippen LogP contribution in [0, 0.1) is 11.3 Å². The molecular formula is C12H5ClF3N3O2. The van der Waals surface area contributed by atoms with Gasteiger partial charge in [-0.05, 0) is 18.2 Å². The van der Waals surface area contributed by atoms with E-state index < -0.39 is 28.6 Å². The Hall–Kier alpha value is -2.53. The van der Waals surface area contributed by atoms with Crippen LogP contribution < -0.4 is 11.2 Å². The number of nitrogens with one attached hydrogen (secondary N) is 1. The van der Waals surface area contributed by atoms with Gasteiger partial charge in [-0.25, -0.2) is 9.36 Å². The van der Waals surface area contributed by atoms with Gasteiger partial charge < -0.3 is 0 Å². The maximum absolute atomic E-state index is 12.9. The maximum Gasteiger partial charge on any atom is 0.417 e. The van der Waals surface area contributed by atoms with Crippen LogP contribution in [0.4, 0.5) is 13.2 Å². The first-order valence-electron chi connectivity index (χ1n) is 5.37. The number of aromatic amines is 1. The van der Waals surface area contributed by atoms with Gasteiger partial charge in [-0.2, -0.15) is 18.4 Å². The van der Waals surface area contributed by atoms with Crippen molar-refractivity contribution >= 4 is 11.6 Å². The van der Waals surface area contributed by atoms with E-state index in [1.54, 1.807) is 0 Å². The molecule has 1 aromatic heterocycles. The maximum atomic E-state index is 12.9. The van der Waals surface area contributed by atoms with E-state index in [0.29, 0.717) is 10.6 Å². The summed E-state index contributed by atoms with van der Waals surface area (Å²) in [6.45, 7) is 0. The molecule has 0 aliphatic heterocycles. The molecule has 2 aromatic rings. The Bertz CT molecular complexity index is 831. The predicted octanol–water partition coefficient (Wildman–Crippen LogP) is 2.07. The summed E-state index contributed by atoms with van der Waals surface area (Å²) in [5, 5.41) is 8.45. The minimum atomic E-state index is -4.79. The van der Waals surface area contributed by atoms with Crippen LogP contribution in [-0.2, 0) is 6.18 Å². The van der Waals surface area contributed by atoms with Crippen molar-refractivity contribution in [3.8, 4) is 11.8 Å². The van der Waals surface area contributed by atoms with Gasteiger partial charge in [0, 0.05) is 6.07 Å². The van der Waals surface area contributed by atoms with Crippen molar-refractivity contribution in [3.05, 3.63) is 61.4 Å². The molecule has 0 unspecified atom stereocenters. The zero-order chi connectivity index (χ0) is 15.8. The van der Waals surface area contributed by atoms with Gasteiger partial charge in [0.1, 0.15) is 5.15 Å². The molecule has 0 radical (unpaired) electrons. The fourth-order valence-corrected chi connectivity index (χ4v) is 1.89. The third kappa shape index (κ3) is 2.83. The third-order valence-electron chi connectivity index (χ3n) is 2.59. The van der Waals surface area contributed by atoms with Crippen molar-refractivity contribution in [3.63, 3.8) is 0 Å². The highest BCUT2D eigenvalue weighted by Gasteiger charge is 2.34. The molecule has 0 fully saturated rings. The van der Waals surface area contributed by atoms with Crippen LogP contribution in [0.1, 0.15) is 11.1 Å². The summed E-state index contributed by atoms with van der Waals surface area (Å²) in [5.74, 6) is 0. The van der Waals surface area contributed by atoms with E-state index in [2.05, 4.69) is 4.98 Å². The highest BCUT2D eigenvalue weighted by Crippen LogP contribution is 2.32. The lowest BCUT2D eigenvalue weighted by molar-refractivity contribution is -0.137. The summed E-state index contributed by atoms with van der Waals surface area (Å²) in [5.41, 5.74) is -4.02. The average Bonchev–Trinajstić information content (AvgIpc) is 2.36. The first-order chi connectivity index (χ1) is 9.74. The highest BCUT2D eigenvalue weighted by molar-refractivity contribution is 6.29. The number of rotatable bonds is 1. The molecule has 21 heavy (non-hydrogen) atoms. The number of benzene rings is 1. The highest BCUT2D eigenvalue weighted by atomic mass is 35.5. The number of hydrogen-bond donors (Lipinski definition) is 1. The second-order valence-corrected chi connectivity index (χ2v) is 4.34. The molecule has 0 saturated heterocycles. The summed E-state index contributed by atoms with van der Waals surface area (Å²) in [6.07, 6.45) is -4.79. The molecule has 0 spiro atoms. The van der Waals surface area contributed by atoms with E-state index >= 15 is 0 Å². The molecule has 1 heterocycles. The lowest BCUT2D eigenvalue weighted by atomic mass is 10.1. The summed E-state index contributed by atoms with van der Waals surface area (Å²) in [6, 6.07) is 4.77. The predicted molar refractivity (Wildman–Crippen MR) is 67.4 cm³/mol. The monoisotopic (exact) mass is 315 g/mol. The molecule has 0 atom stereocenters. The van der Waals surface area contributed by atoms with Crippen LogP contribution in [0.2, 0.25) is 5.15 Å².